The van der Waals surface area contributed by atoms with E-state index in [9.17, 15) is 30.6 Å². The van der Waals surface area contributed by atoms with Gasteiger partial charge in [0.1, 0.15) is 36.6 Å². The molecule has 124 valence electrons. The minimum Gasteiger partial charge on any atom is -0.388 e. The van der Waals surface area contributed by atoms with Gasteiger partial charge in [0.25, 0.3) is 0 Å². The van der Waals surface area contributed by atoms with E-state index in [0.717, 1.165) is 0 Å². The van der Waals surface area contributed by atoms with Crippen molar-refractivity contribution < 1.29 is 44.8 Å². The molecule has 1 unspecified atom stereocenters. The summed E-state index contributed by atoms with van der Waals surface area (Å²) in [6, 6.07) is 0. The van der Waals surface area contributed by atoms with Crippen LogP contribution in [0.3, 0.4) is 0 Å². The molecule has 0 saturated carbocycles. The fraction of sp³-hybridized carbons (Fsp3) is 1.00. The Labute approximate surface area is 121 Å². The summed E-state index contributed by atoms with van der Waals surface area (Å²) < 4.78 is 15.6. The van der Waals surface area contributed by atoms with Crippen molar-refractivity contribution in [3.05, 3.63) is 0 Å². The third-order valence-corrected chi connectivity index (χ3v) is 3.90. The quantitative estimate of drug-likeness (QED) is 0.308. The van der Waals surface area contributed by atoms with Gasteiger partial charge in [0.15, 0.2) is 12.6 Å². The molecule has 0 amide bonds. The van der Waals surface area contributed by atoms with Crippen molar-refractivity contribution in [2.75, 3.05) is 0 Å². The highest BCUT2D eigenvalue weighted by Crippen LogP contribution is 2.28. The van der Waals surface area contributed by atoms with E-state index in [-0.39, 0.29) is 0 Å². The van der Waals surface area contributed by atoms with E-state index in [1.165, 1.54) is 13.8 Å². The predicted molar refractivity (Wildman–Crippen MR) is 65.8 cm³/mol. The molecule has 0 radical (unpaired) electrons. The summed E-state index contributed by atoms with van der Waals surface area (Å²) in [6.45, 7) is 3.00. The number of hydrogen-bond donors (Lipinski definition) is 6. The van der Waals surface area contributed by atoms with Gasteiger partial charge in [0, 0.05) is 0 Å². The Balaban J connectivity index is 2.06. The Morgan fingerprint density at radius 2 is 1.29 bits per heavy atom. The van der Waals surface area contributed by atoms with Gasteiger partial charge in [-0.05, 0) is 13.8 Å². The third-order valence-electron chi connectivity index (χ3n) is 3.90. The average Bonchev–Trinajstić information content (AvgIpc) is 2.44. The Morgan fingerprint density at radius 1 is 0.667 bits per heavy atom. The Hall–Kier alpha value is -0.360. The minimum atomic E-state index is -1.57. The maximum atomic E-state index is 9.91. The molecule has 0 spiro atoms. The van der Waals surface area contributed by atoms with Gasteiger partial charge in [-0.2, -0.15) is 0 Å². The second kappa shape index (κ2) is 6.41. The van der Waals surface area contributed by atoms with Crippen molar-refractivity contribution in [2.45, 2.75) is 75.3 Å². The van der Waals surface area contributed by atoms with E-state index < -0.39 is 61.4 Å². The summed E-state index contributed by atoms with van der Waals surface area (Å²) in [4.78, 5) is 0. The zero-order chi connectivity index (χ0) is 15.9. The lowest BCUT2D eigenvalue weighted by Crippen LogP contribution is -2.62. The van der Waals surface area contributed by atoms with Crippen LogP contribution in [0, 0.1) is 0 Å². The summed E-state index contributed by atoms with van der Waals surface area (Å²) in [5.41, 5.74) is 0. The normalized spacial score (nSPS) is 55.4. The fourth-order valence-electron chi connectivity index (χ4n) is 2.49. The highest BCUT2D eigenvalue weighted by Gasteiger charge is 2.48. The topological polar surface area (TPSA) is 149 Å². The summed E-state index contributed by atoms with van der Waals surface area (Å²) >= 11 is 0. The largest absolute Gasteiger partial charge is 0.388 e. The van der Waals surface area contributed by atoms with Gasteiger partial charge in [-0.1, -0.05) is 0 Å². The number of hydrogen-bond acceptors (Lipinski definition) is 9. The van der Waals surface area contributed by atoms with E-state index >= 15 is 0 Å². The van der Waals surface area contributed by atoms with E-state index in [4.69, 9.17) is 14.2 Å². The third kappa shape index (κ3) is 3.21. The Kier molecular flexibility index (Phi) is 5.19. The smallest absolute Gasteiger partial charge is 0.187 e. The van der Waals surface area contributed by atoms with E-state index in [1.54, 1.807) is 0 Å². The molecule has 9 nitrogen and oxygen atoms in total. The first-order valence-electron chi connectivity index (χ1n) is 6.78. The van der Waals surface area contributed by atoms with Gasteiger partial charge in [0.2, 0.25) is 0 Å². The van der Waals surface area contributed by atoms with Crippen LogP contribution in [0.1, 0.15) is 13.8 Å². The van der Waals surface area contributed by atoms with Crippen molar-refractivity contribution in [1.82, 2.24) is 0 Å². The summed E-state index contributed by atoms with van der Waals surface area (Å²) in [7, 11) is 0. The molecule has 9 heteroatoms. The van der Waals surface area contributed by atoms with Crippen LogP contribution in [-0.2, 0) is 14.2 Å². The lowest BCUT2D eigenvalue weighted by Gasteiger charge is -2.44. The van der Waals surface area contributed by atoms with Gasteiger partial charge in [-0.3, -0.25) is 0 Å². The van der Waals surface area contributed by atoms with Crippen LogP contribution in [-0.4, -0.2) is 92.1 Å². The molecule has 2 aliphatic heterocycles. The van der Waals surface area contributed by atoms with Crippen molar-refractivity contribution in [3.63, 3.8) is 0 Å². The molecule has 6 N–H and O–H groups in total. The summed E-state index contributed by atoms with van der Waals surface area (Å²) in [5.74, 6) is 0. The highest BCUT2D eigenvalue weighted by atomic mass is 16.7. The average molecular weight is 310 g/mol. The van der Waals surface area contributed by atoms with Gasteiger partial charge in [-0.25, -0.2) is 0 Å². The molecule has 10 atom stereocenters. The van der Waals surface area contributed by atoms with Crippen LogP contribution in [0.2, 0.25) is 0 Å². The molecule has 2 heterocycles. The van der Waals surface area contributed by atoms with E-state index in [2.05, 4.69) is 0 Å². The molecule has 0 aromatic heterocycles. The zero-order valence-corrected chi connectivity index (χ0v) is 11.7. The molecule has 0 bridgehead atoms. The number of aliphatic hydroxyl groups is 6. The SMILES string of the molecule is C[C@H]1O[C@@H](O[C@H]2[C@H](O)[C@H](O)C(O)O[C@@H]2C)[C@@H](O)[C@@H](O)[C@@H]1O. The Morgan fingerprint density at radius 3 is 1.90 bits per heavy atom. The van der Waals surface area contributed by atoms with Crippen LogP contribution >= 0.6 is 0 Å². The number of aliphatic hydroxyl groups excluding tert-OH is 6. The lowest BCUT2D eigenvalue weighted by molar-refractivity contribution is -0.348. The summed E-state index contributed by atoms with van der Waals surface area (Å²) in [5, 5.41) is 58.0. The van der Waals surface area contributed by atoms with Crippen molar-refractivity contribution in [1.29, 1.82) is 0 Å². The molecule has 0 aromatic carbocycles. The fourth-order valence-corrected chi connectivity index (χ4v) is 2.49. The molecule has 2 fully saturated rings. The maximum Gasteiger partial charge on any atom is 0.187 e. The first-order chi connectivity index (χ1) is 9.73. The van der Waals surface area contributed by atoms with Crippen molar-refractivity contribution >= 4 is 0 Å². The van der Waals surface area contributed by atoms with Crippen LogP contribution < -0.4 is 0 Å². The standard InChI is InChI=1S/C12H22O9/c1-3-5(13)6(14)9(17)12(20-3)21-10-4(2)19-11(18)8(16)7(10)15/h3-18H,1-2H3/t3-,4-,5-,6+,7-,8+,9+,10-,11?,12+/m1/s1. The van der Waals surface area contributed by atoms with Crippen molar-refractivity contribution in [2.24, 2.45) is 0 Å². The van der Waals surface area contributed by atoms with Gasteiger partial charge in [0.05, 0.1) is 12.2 Å². The summed E-state index contributed by atoms with van der Waals surface area (Å²) in [6.07, 6.45) is -12.8. The van der Waals surface area contributed by atoms with E-state index in [0.29, 0.717) is 0 Å². The molecule has 2 rings (SSSR count). The molecule has 0 aromatic rings. The number of rotatable bonds is 2. The van der Waals surface area contributed by atoms with Crippen LogP contribution in [0.4, 0.5) is 0 Å². The molecular weight excluding hydrogens is 288 g/mol. The minimum absolute atomic E-state index is 0.784. The lowest BCUT2D eigenvalue weighted by atomic mass is 9.98. The van der Waals surface area contributed by atoms with Crippen LogP contribution in [0.5, 0.6) is 0 Å². The predicted octanol–water partition coefficient (Wildman–Crippen LogP) is -3.34. The van der Waals surface area contributed by atoms with Crippen LogP contribution in [0.25, 0.3) is 0 Å². The molecule has 21 heavy (non-hydrogen) atoms. The molecular formula is C12H22O9. The first kappa shape index (κ1) is 17.0. The zero-order valence-electron chi connectivity index (χ0n) is 11.7. The second-order valence-electron chi connectivity index (χ2n) is 5.50. The first-order valence-corrected chi connectivity index (χ1v) is 6.78. The van der Waals surface area contributed by atoms with Gasteiger partial charge >= 0.3 is 0 Å². The second-order valence-corrected chi connectivity index (χ2v) is 5.50. The van der Waals surface area contributed by atoms with E-state index in [1.807, 2.05) is 0 Å². The molecule has 2 saturated heterocycles. The maximum absolute atomic E-state index is 9.91. The Bertz CT molecular complexity index is 354. The van der Waals surface area contributed by atoms with Crippen molar-refractivity contribution in [3.8, 4) is 0 Å². The monoisotopic (exact) mass is 310 g/mol. The highest BCUT2D eigenvalue weighted by molar-refractivity contribution is 4.91. The van der Waals surface area contributed by atoms with Gasteiger partial charge in [-0.15, -0.1) is 0 Å². The van der Waals surface area contributed by atoms with Crippen LogP contribution in [0.15, 0.2) is 0 Å². The molecule has 2 aliphatic rings. The molecule has 0 aliphatic carbocycles. The number of ether oxygens (including phenoxy) is 3. The van der Waals surface area contributed by atoms with Gasteiger partial charge < -0.3 is 44.8 Å².